The van der Waals surface area contributed by atoms with Gasteiger partial charge in [0.1, 0.15) is 17.0 Å². The quantitative estimate of drug-likeness (QED) is 0.444. The van der Waals surface area contributed by atoms with Crippen molar-refractivity contribution in [1.29, 1.82) is 0 Å². The monoisotopic (exact) mass is 474 g/mol. The Hall–Kier alpha value is -3.91. The normalized spacial score (nSPS) is 13.7. The third kappa shape index (κ3) is 4.45. The number of aryl methyl sites for hydroxylation is 1. The van der Waals surface area contributed by atoms with Crippen LogP contribution in [0.1, 0.15) is 16.1 Å². The highest BCUT2D eigenvalue weighted by Crippen LogP contribution is 2.32. The van der Waals surface area contributed by atoms with Gasteiger partial charge in [0.2, 0.25) is 0 Å². The number of nitrogens with one attached hydrogen (secondary N) is 1. The van der Waals surface area contributed by atoms with Gasteiger partial charge in [0.25, 0.3) is 5.91 Å². The summed E-state index contributed by atoms with van der Waals surface area (Å²) >= 11 is 6.34. The maximum Gasteiger partial charge on any atom is 0.259 e. The zero-order valence-electron chi connectivity index (χ0n) is 18.6. The molecule has 9 heteroatoms. The second-order valence-corrected chi connectivity index (χ2v) is 8.40. The molecule has 5 rings (SSSR count). The molecule has 0 aliphatic carbocycles. The summed E-state index contributed by atoms with van der Waals surface area (Å²) < 4.78 is 5.37. The number of rotatable bonds is 5. The molecule has 34 heavy (non-hydrogen) atoms. The Morgan fingerprint density at radius 2 is 1.68 bits per heavy atom. The number of para-hydroxylation sites is 1. The lowest BCUT2D eigenvalue weighted by atomic mass is 10.0. The molecular weight excluding hydrogens is 452 g/mol. The molecule has 0 unspecified atom stereocenters. The number of piperazine rings is 1. The minimum atomic E-state index is -0.109. The number of aromatic nitrogens is 3. The molecule has 8 nitrogen and oxygen atoms in total. The van der Waals surface area contributed by atoms with Crippen LogP contribution in [0.4, 0.5) is 17.3 Å². The predicted octanol–water partition coefficient (Wildman–Crippen LogP) is 4.80. The van der Waals surface area contributed by atoms with Crippen LogP contribution in [0, 0.1) is 6.92 Å². The van der Waals surface area contributed by atoms with Gasteiger partial charge in [0.05, 0.1) is 5.02 Å². The summed E-state index contributed by atoms with van der Waals surface area (Å²) in [5.41, 5.74) is 2.57. The Labute approximate surface area is 202 Å². The topological polar surface area (TPSA) is 87.4 Å². The molecule has 4 aromatic rings. The number of carbonyl (C=O) groups excluding carboxylic acids is 1. The van der Waals surface area contributed by atoms with Crippen molar-refractivity contribution in [3.8, 4) is 11.3 Å². The summed E-state index contributed by atoms with van der Waals surface area (Å²) in [7, 11) is 0. The molecule has 0 spiro atoms. The molecule has 2 aromatic heterocycles. The van der Waals surface area contributed by atoms with E-state index in [1.165, 1.54) is 0 Å². The van der Waals surface area contributed by atoms with Gasteiger partial charge in [0.15, 0.2) is 11.6 Å². The highest BCUT2D eigenvalue weighted by atomic mass is 35.5. The Morgan fingerprint density at radius 1 is 0.941 bits per heavy atom. The van der Waals surface area contributed by atoms with Crippen molar-refractivity contribution in [2.45, 2.75) is 6.92 Å². The van der Waals surface area contributed by atoms with Crippen LogP contribution >= 0.6 is 11.6 Å². The molecule has 0 atom stereocenters. The van der Waals surface area contributed by atoms with E-state index in [0.29, 0.717) is 59.6 Å². The van der Waals surface area contributed by atoms with Gasteiger partial charge < -0.3 is 19.6 Å². The summed E-state index contributed by atoms with van der Waals surface area (Å²) in [6.07, 6.45) is 0. The Balaban J connectivity index is 1.25. The van der Waals surface area contributed by atoms with Crippen LogP contribution < -0.4 is 10.2 Å². The first-order chi connectivity index (χ1) is 16.6. The number of benzene rings is 2. The van der Waals surface area contributed by atoms with Crippen LogP contribution in [0.2, 0.25) is 5.02 Å². The summed E-state index contributed by atoms with van der Waals surface area (Å²) in [4.78, 5) is 17.3. The molecule has 1 amide bonds. The standard InChI is InChI=1S/C25H23ClN6O2/c1-17-23(24(30-34-17)19-9-5-6-10-20(19)26)25(33)32-15-13-31(14-16-32)22-12-11-21(28-29-22)27-18-7-3-2-4-8-18/h2-12H,13-16H2,1H3,(H,27,28). The molecule has 2 aromatic carbocycles. The summed E-state index contributed by atoms with van der Waals surface area (Å²) in [6.45, 7) is 4.15. The van der Waals surface area contributed by atoms with E-state index in [2.05, 4.69) is 25.6 Å². The number of hydrogen-bond acceptors (Lipinski definition) is 7. The van der Waals surface area contributed by atoms with Crippen molar-refractivity contribution in [2.24, 2.45) is 0 Å². The highest BCUT2D eigenvalue weighted by Gasteiger charge is 2.29. The van der Waals surface area contributed by atoms with Crippen LogP contribution in [-0.4, -0.2) is 52.3 Å². The number of anilines is 3. The number of hydrogen-bond donors (Lipinski definition) is 1. The molecule has 0 bridgehead atoms. The van der Waals surface area contributed by atoms with Crippen molar-refractivity contribution in [2.75, 3.05) is 36.4 Å². The van der Waals surface area contributed by atoms with E-state index in [-0.39, 0.29) is 5.91 Å². The molecule has 3 heterocycles. The van der Waals surface area contributed by atoms with E-state index < -0.39 is 0 Å². The zero-order chi connectivity index (χ0) is 23.5. The lowest BCUT2D eigenvalue weighted by molar-refractivity contribution is 0.0745. The van der Waals surface area contributed by atoms with E-state index in [0.717, 1.165) is 11.5 Å². The number of carbonyl (C=O) groups is 1. The number of halogens is 1. The van der Waals surface area contributed by atoms with Gasteiger partial charge >= 0.3 is 0 Å². The first-order valence-electron chi connectivity index (χ1n) is 11.0. The largest absolute Gasteiger partial charge is 0.360 e. The van der Waals surface area contributed by atoms with E-state index in [1.54, 1.807) is 13.0 Å². The molecule has 0 radical (unpaired) electrons. The van der Waals surface area contributed by atoms with Crippen LogP contribution in [-0.2, 0) is 0 Å². The van der Waals surface area contributed by atoms with Gasteiger partial charge in [-0.2, -0.15) is 0 Å². The Morgan fingerprint density at radius 3 is 2.38 bits per heavy atom. The molecule has 172 valence electrons. The summed E-state index contributed by atoms with van der Waals surface area (Å²) in [6, 6.07) is 21.0. The molecule has 1 aliphatic heterocycles. The SMILES string of the molecule is Cc1onc(-c2ccccc2Cl)c1C(=O)N1CCN(c2ccc(Nc3ccccc3)nn2)CC1. The fourth-order valence-electron chi connectivity index (χ4n) is 3.99. The van der Waals surface area contributed by atoms with Crippen molar-refractivity contribution in [3.05, 3.63) is 83.1 Å². The lowest BCUT2D eigenvalue weighted by Crippen LogP contribution is -2.49. The molecule has 1 saturated heterocycles. The maximum atomic E-state index is 13.4. The minimum absolute atomic E-state index is 0.109. The van der Waals surface area contributed by atoms with E-state index >= 15 is 0 Å². The zero-order valence-corrected chi connectivity index (χ0v) is 19.4. The van der Waals surface area contributed by atoms with Gasteiger partial charge in [-0.3, -0.25) is 4.79 Å². The van der Waals surface area contributed by atoms with Gasteiger partial charge in [0, 0.05) is 37.4 Å². The number of nitrogens with zero attached hydrogens (tertiary/aromatic N) is 5. The van der Waals surface area contributed by atoms with Crippen molar-refractivity contribution in [3.63, 3.8) is 0 Å². The van der Waals surface area contributed by atoms with E-state index in [4.69, 9.17) is 16.1 Å². The van der Waals surface area contributed by atoms with Gasteiger partial charge in [-0.1, -0.05) is 53.2 Å². The van der Waals surface area contributed by atoms with Gasteiger partial charge in [-0.25, -0.2) is 0 Å². The van der Waals surface area contributed by atoms with Crippen molar-refractivity contribution in [1.82, 2.24) is 20.3 Å². The Bertz CT molecular complexity index is 1280. The minimum Gasteiger partial charge on any atom is -0.360 e. The van der Waals surface area contributed by atoms with Crippen LogP contribution in [0.3, 0.4) is 0 Å². The fourth-order valence-corrected chi connectivity index (χ4v) is 4.21. The summed E-state index contributed by atoms with van der Waals surface area (Å²) in [5, 5.41) is 16.5. The van der Waals surface area contributed by atoms with Crippen LogP contribution in [0.25, 0.3) is 11.3 Å². The molecule has 1 aliphatic rings. The molecule has 1 fully saturated rings. The lowest BCUT2D eigenvalue weighted by Gasteiger charge is -2.35. The molecule has 1 N–H and O–H groups in total. The third-order valence-electron chi connectivity index (χ3n) is 5.79. The first kappa shape index (κ1) is 21.9. The predicted molar refractivity (Wildman–Crippen MR) is 132 cm³/mol. The molecule has 0 saturated carbocycles. The highest BCUT2D eigenvalue weighted by molar-refractivity contribution is 6.33. The van der Waals surface area contributed by atoms with E-state index in [9.17, 15) is 4.79 Å². The van der Waals surface area contributed by atoms with Crippen LogP contribution in [0.15, 0.2) is 71.3 Å². The average molecular weight is 475 g/mol. The van der Waals surface area contributed by atoms with E-state index in [1.807, 2.05) is 65.6 Å². The first-order valence-corrected chi connectivity index (χ1v) is 11.4. The number of amides is 1. The second kappa shape index (κ2) is 9.52. The van der Waals surface area contributed by atoms with Crippen LogP contribution in [0.5, 0.6) is 0 Å². The molecular formula is C25H23ClN6O2. The summed E-state index contributed by atoms with van der Waals surface area (Å²) in [5.74, 6) is 1.83. The van der Waals surface area contributed by atoms with Gasteiger partial charge in [-0.15, -0.1) is 10.2 Å². The Kier molecular flexibility index (Phi) is 6.14. The average Bonchev–Trinajstić information content (AvgIpc) is 3.26. The van der Waals surface area contributed by atoms with Crippen molar-refractivity contribution < 1.29 is 9.32 Å². The van der Waals surface area contributed by atoms with Gasteiger partial charge in [-0.05, 0) is 37.3 Å². The smallest absolute Gasteiger partial charge is 0.259 e. The maximum absolute atomic E-state index is 13.4. The fraction of sp³-hybridized carbons (Fsp3) is 0.200. The second-order valence-electron chi connectivity index (χ2n) is 7.99. The third-order valence-corrected chi connectivity index (χ3v) is 6.12. The van der Waals surface area contributed by atoms with Crippen molar-refractivity contribution >= 4 is 34.8 Å².